The van der Waals surface area contributed by atoms with Crippen molar-refractivity contribution >= 4 is 23.6 Å². The summed E-state index contributed by atoms with van der Waals surface area (Å²) in [5.74, 6) is -1.24. The number of aromatic nitrogens is 2. The van der Waals surface area contributed by atoms with Crippen LogP contribution in [0.3, 0.4) is 0 Å². The van der Waals surface area contributed by atoms with Crippen LogP contribution in [0.15, 0.2) is 41.1 Å². The molecule has 2 atom stereocenters. The SMILES string of the molecule is COc1cc(F)ccc1-c1cc(NC(=O)C2CCCC(NC(=O)Nc3cc(C)no3)C2)ncc1F. The van der Waals surface area contributed by atoms with Gasteiger partial charge in [-0.1, -0.05) is 11.6 Å². The second-order valence-corrected chi connectivity index (χ2v) is 8.37. The molecule has 0 bridgehead atoms. The molecule has 0 aliphatic heterocycles. The Kier molecular flexibility index (Phi) is 7.23. The van der Waals surface area contributed by atoms with Gasteiger partial charge >= 0.3 is 6.03 Å². The maximum absolute atomic E-state index is 14.5. The predicted octanol–water partition coefficient (Wildman–Crippen LogP) is 4.65. The second-order valence-electron chi connectivity index (χ2n) is 8.37. The van der Waals surface area contributed by atoms with Gasteiger partial charge in [-0.25, -0.2) is 18.6 Å². The molecular formula is C24H25F2N5O4. The van der Waals surface area contributed by atoms with E-state index in [1.807, 2.05) is 0 Å². The molecule has 3 N–H and O–H groups in total. The van der Waals surface area contributed by atoms with Crippen LogP contribution in [0.1, 0.15) is 31.4 Å². The molecule has 35 heavy (non-hydrogen) atoms. The highest BCUT2D eigenvalue weighted by Crippen LogP contribution is 2.33. The third-order valence-electron chi connectivity index (χ3n) is 5.81. The Bertz CT molecular complexity index is 1230. The Balaban J connectivity index is 1.40. The van der Waals surface area contributed by atoms with Crippen molar-refractivity contribution < 1.29 is 27.6 Å². The van der Waals surface area contributed by atoms with E-state index in [2.05, 4.69) is 26.1 Å². The molecule has 3 aromatic rings. The lowest BCUT2D eigenvalue weighted by Gasteiger charge is -2.28. The van der Waals surface area contributed by atoms with Gasteiger partial charge in [0.1, 0.15) is 23.2 Å². The van der Waals surface area contributed by atoms with Gasteiger partial charge in [-0.15, -0.1) is 0 Å². The molecule has 1 aromatic carbocycles. The average molecular weight is 485 g/mol. The van der Waals surface area contributed by atoms with E-state index >= 15 is 0 Å². The maximum Gasteiger partial charge on any atom is 0.321 e. The summed E-state index contributed by atoms with van der Waals surface area (Å²) in [5.41, 5.74) is 1.10. The van der Waals surface area contributed by atoms with Crippen LogP contribution >= 0.6 is 0 Å². The van der Waals surface area contributed by atoms with Crippen LogP contribution < -0.4 is 20.7 Å². The van der Waals surface area contributed by atoms with E-state index in [9.17, 15) is 18.4 Å². The summed E-state index contributed by atoms with van der Waals surface area (Å²) in [4.78, 5) is 29.1. The number of hydrogen-bond acceptors (Lipinski definition) is 6. The second kappa shape index (κ2) is 10.5. The number of anilines is 2. The number of amides is 3. The highest BCUT2D eigenvalue weighted by molar-refractivity contribution is 5.93. The minimum absolute atomic E-state index is 0.120. The van der Waals surface area contributed by atoms with Gasteiger partial charge in [0, 0.05) is 35.2 Å². The Morgan fingerprint density at radius 1 is 1.11 bits per heavy atom. The van der Waals surface area contributed by atoms with Gasteiger partial charge in [0.05, 0.1) is 19.0 Å². The Hall–Kier alpha value is -4.02. The van der Waals surface area contributed by atoms with Crippen LogP contribution in [0, 0.1) is 24.5 Å². The standard InChI is InChI=1S/C24H25F2N5O4/c1-13-8-22(35-31-13)30-24(33)28-16-5-3-4-14(9-16)23(32)29-21-11-18(19(26)12-27-21)17-7-6-15(25)10-20(17)34-2/h6-8,10-12,14,16H,3-5,9H2,1-2H3,(H,27,29,32)(H2,28,30,33). The van der Waals surface area contributed by atoms with Crippen LogP contribution in [0.2, 0.25) is 0 Å². The van der Waals surface area contributed by atoms with Gasteiger partial charge in [0.15, 0.2) is 0 Å². The fourth-order valence-electron chi connectivity index (χ4n) is 4.14. The number of pyridine rings is 1. The zero-order chi connectivity index (χ0) is 24.9. The average Bonchev–Trinajstić information content (AvgIpc) is 3.24. The van der Waals surface area contributed by atoms with Crippen molar-refractivity contribution in [1.82, 2.24) is 15.5 Å². The van der Waals surface area contributed by atoms with Crippen LogP contribution in [0.25, 0.3) is 11.1 Å². The van der Waals surface area contributed by atoms with E-state index < -0.39 is 17.7 Å². The maximum atomic E-state index is 14.5. The number of rotatable bonds is 6. The fraction of sp³-hybridized carbons (Fsp3) is 0.333. The molecule has 184 valence electrons. The van der Waals surface area contributed by atoms with E-state index in [1.54, 1.807) is 13.0 Å². The molecule has 3 amide bonds. The number of aryl methyl sites for hydroxylation is 1. The number of nitrogens with zero attached hydrogens (tertiary/aromatic N) is 2. The van der Waals surface area contributed by atoms with Gasteiger partial charge in [-0.05, 0) is 44.4 Å². The molecule has 2 aromatic heterocycles. The first-order chi connectivity index (χ1) is 16.8. The van der Waals surface area contributed by atoms with Crippen LogP contribution in [-0.4, -0.2) is 35.2 Å². The quantitative estimate of drug-likeness (QED) is 0.468. The van der Waals surface area contributed by atoms with Gasteiger partial charge < -0.3 is 19.9 Å². The molecular weight excluding hydrogens is 460 g/mol. The zero-order valence-electron chi connectivity index (χ0n) is 19.2. The zero-order valence-corrected chi connectivity index (χ0v) is 19.2. The summed E-state index contributed by atoms with van der Waals surface area (Å²) in [6.07, 6.45) is 3.56. The summed E-state index contributed by atoms with van der Waals surface area (Å²) in [6, 6.07) is 6.10. The number of halogens is 2. The lowest BCUT2D eigenvalue weighted by atomic mass is 9.85. The minimum Gasteiger partial charge on any atom is -0.496 e. The largest absolute Gasteiger partial charge is 0.496 e. The van der Waals surface area contributed by atoms with Gasteiger partial charge in [0.2, 0.25) is 11.8 Å². The highest BCUT2D eigenvalue weighted by atomic mass is 19.1. The molecule has 1 fully saturated rings. The van der Waals surface area contributed by atoms with Crippen molar-refractivity contribution in [1.29, 1.82) is 0 Å². The van der Waals surface area contributed by atoms with Crippen LogP contribution in [0.5, 0.6) is 5.75 Å². The van der Waals surface area contributed by atoms with Crippen LogP contribution in [-0.2, 0) is 4.79 Å². The number of carbonyl (C=O) groups is 2. The first kappa shape index (κ1) is 24.1. The number of carbonyl (C=O) groups excluding carboxylic acids is 2. The fourth-order valence-corrected chi connectivity index (χ4v) is 4.14. The summed E-state index contributed by atoms with van der Waals surface area (Å²) in [6.45, 7) is 1.74. The van der Waals surface area contributed by atoms with Crippen LogP contribution in [0.4, 0.5) is 25.3 Å². The van der Waals surface area contributed by atoms with E-state index in [-0.39, 0.29) is 40.9 Å². The number of hydrogen-bond donors (Lipinski definition) is 3. The molecule has 2 heterocycles. The number of urea groups is 1. The highest BCUT2D eigenvalue weighted by Gasteiger charge is 2.29. The molecule has 1 saturated carbocycles. The van der Waals surface area contributed by atoms with Crippen molar-refractivity contribution in [3.63, 3.8) is 0 Å². The van der Waals surface area contributed by atoms with Gasteiger partial charge in [-0.2, -0.15) is 0 Å². The summed E-state index contributed by atoms with van der Waals surface area (Å²) in [7, 11) is 1.36. The number of nitrogens with one attached hydrogen (secondary N) is 3. The first-order valence-electron chi connectivity index (χ1n) is 11.1. The van der Waals surface area contributed by atoms with Crippen molar-refractivity contribution in [2.45, 2.75) is 38.6 Å². The summed E-state index contributed by atoms with van der Waals surface area (Å²) < 4.78 is 38.2. The summed E-state index contributed by atoms with van der Waals surface area (Å²) in [5, 5.41) is 11.9. The minimum atomic E-state index is -0.636. The number of benzene rings is 1. The van der Waals surface area contributed by atoms with Gasteiger partial charge in [0.25, 0.3) is 0 Å². The number of methoxy groups -OCH3 is 1. The topological polar surface area (TPSA) is 118 Å². The van der Waals surface area contributed by atoms with Crippen molar-refractivity contribution in [3.8, 4) is 16.9 Å². The monoisotopic (exact) mass is 485 g/mol. The van der Waals surface area contributed by atoms with Crippen molar-refractivity contribution in [2.24, 2.45) is 5.92 Å². The predicted molar refractivity (Wildman–Crippen MR) is 124 cm³/mol. The normalized spacial score (nSPS) is 17.5. The molecule has 2 unspecified atom stereocenters. The number of ether oxygens (including phenoxy) is 1. The third-order valence-corrected chi connectivity index (χ3v) is 5.81. The molecule has 11 heteroatoms. The lowest BCUT2D eigenvalue weighted by molar-refractivity contribution is -0.121. The Labute approximate surface area is 200 Å². The molecule has 4 rings (SSSR count). The molecule has 1 aliphatic carbocycles. The molecule has 0 saturated heterocycles. The smallest absolute Gasteiger partial charge is 0.321 e. The van der Waals surface area contributed by atoms with E-state index in [0.717, 1.165) is 25.1 Å². The Morgan fingerprint density at radius 2 is 1.94 bits per heavy atom. The van der Waals surface area contributed by atoms with Crippen molar-refractivity contribution in [2.75, 3.05) is 17.7 Å². The van der Waals surface area contributed by atoms with Gasteiger partial charge in [-0.3, -0.25) is 10.1 Å². The summed E-state index contributed by atoms with van der Waals surface area (Å²) >= 11 is 0. The Morgan fingerprint density at radius 3 is 2.69 bits per heavy atom. The van der Waals surface area contributed by atoms with E-state index in [1.165, 1.54) is 25.3 Å². The molecule has 0 radical (unpaired) electrons. The van der Waals surface area contributed by atoms with E-state index in [0.29, 0.717) is 24.1 Å². The first-order valence-corrected chi connectivity index (χ1v) is 11.1. The third kappa shape index (κ3) is 5.92. The van der Waals surface area contributed by atoms with E-state index in [4.69, 9.17) is 9.26 Å². The lowest BCUT2D eigenvalue weighted by Crippen LogP contribution is -2.42. The molecule has 0 spiro atoms. The molecule has 9 nitrogen and oxygen atoms in total. The molecule has 1 aliphatic rings. The van der Waals surface area contributed by atoms with Crippen molar-refractivity contribution in [3.05, 3.63) is 53.9 Å².